The maximum Gasteiger partial charge on any atom is 0.414 e. The summed E-state index contributed by atoms with van der Waals surface area (Å²) in [6.07, 6.45) is 0.845. The van der Waals surface area contributed by atoms with Crippen molar-refractivity contribution in [2.24, 2.45) is 0 Å². The van der Waals surface area contributed by atoms with Crippen molar-refractivity contribution in [1.29, 1.82) is 0 Å². The van der Waals surface area contributed by atoms with Crippen LogP contribution in [0.1, 0.15) is 13.3 Å². The molecule has 10 nitrogen and oxygen atoms in total. The minimum atomic E-state index is -1.82. The predicted molar refractivity (Wildman–Crippen MR) is 105 cm³/mol. The number of likely N-dealkylation sites (tertiary alicyclic amines) is 1. The highest BCUT2D eigenvalue weighted by atomic mass is 16.5. The molecule has 29 heavy (non-hydrogen) atoms. The predicted octanol–water partition coefficient (Wildman–Crippen LogP) is 0.965. The lowest BCUT2D eigenvalue weighted by atomic mass is 10.3. The standard InChI is InChI=1S/C17H27N3O3.C2H2O4/c1-4-22-15-7-5-6-8-16(15)23-14-9-11-20(13-14)17(21)18-10-12-19(2)3;3-1(4)2(5)6/h5-8,14H,4,9-13H2,1-3H3,(H,18,21);(H,3,4)(H,5,6). The monoisotopic (exact) mass is 411 g/mol. The summed E-state index contributed by atoms with van der Waals surface area (Å²) in [6, 6.07) is 7.65. The van der Waals surface area contributed by atoms with Gasteiger partial charge in [0.25, 0.3) is 0 Å². The van der Waals surface area contributed by atoms with Crippen molar-refractivity contribution < 1.29 is 34.1 Å². The van der Waals surface area contributed by atoms with Crippen LogP contribution in [0.2, 0.25) is 0 Å². The summed E-state index contributed by atoms with van der Waals surface area (Å²) in [4.78, 5) is 34.2. The molecule has 0 bridgehead atoms. The van der Waals surface area contributed by atoms with Crippen molar-refractivity contribution in [1.82, 2.24) is 15.1 Å². The molecule has 3 N–H and O–H groups in total. The number of urea groups is 1. The van der Waals surface area contributed by atoms with Crippen molar-refractivity contribution >= 4 is 18.0 Å². The fourth-order valence-electron chi connectivity index (χ4n) is 2.51. The number of carbonyl (C=O) groups is 3. The Morgan fingerprint density at radius 1 is 1.17 bits per heavy atom. The molecule has 0 spiro atoms. The summed E-state index contributed by atoms with van der Waals surface area (Å²) in [5.74, 6) is -2.15. The van der Waals surface area contributed by atoms with Gasteiger partial charge in [-0.3, -0.25) is 0 Å². The van der Waals surface area contributed by atoms with Gasteiger partial charge in [-0.2, -0.15) is 0 Å². The summed E-state index contributed by atoms with van der Waals surface area (Å²) in [5.41, 5.74) is 0. The number of aliphatic carboxylic acids is 2. The molecule has 1 aromatic rings. The van der Waals surface area contributed by atoms with E-state index in [2.05, 4.69) is 5.32 Å². The zero-order chi connectivity index (χ0) is 21.8. The third-order valence-corrected chi connectivity index (χ3v) is 3.89. The van der Waals surface area contributed by atoms with E-state index < -0.39 is 11.9 Å². The van der Waals surface area contributed by atoms with E-state index in [0.29, 0.717) is 19.7 Å². The number of carbonyl (C=O) groups excluding carboxylic acids is 1. The van der Waals surface area contributed by atoms with Gasteiger partial charge >= 0.3 is 18.0 Å². The number of hydrogen-bond acceptors (Lipinski definition) is 6. The second-order valence-electron chi connectivity index (χ2n) is 6.50. The number of rotatable bonds is 7. The fraction of sp³-hybridized carbons (Fsp3) is 0.526. The number of benzene rings is 1. The Hall–Kier alpha value is -3.01. The highest BCUT2D eigenvalue weighted by molar-refractivity contribution is 6.27. The molecule has 1 unspecified atom stereocenters. The van der Waals surface area contributed by atoms with E-state index in [4.69, 9.17) is 29.3 Å². The van der Waals surface area contributed by atoms with E-state index in [1.807, 2.05) is 55.1 Å². The third kappa shape index (κ3) is 9.15. The first-order chi connectivity index (χ1) is 13.7. The maximum absolute atomic E-state index is 12.1. The van der Waals surface area contributed by atoms with Crippen LogP contribution in [-0.2, 0) is 9.59 Å². The Labute approximate surface area is 170 Å². The summed E-state index contributed by atoms with van der Waals surface area (Å²) in [5, 5.41) is 17.7. The van der Waals surface area contributed by atoms with Crippen LogP contribution in [0.4, 0.5) is 4.79 Å². The van der Waals surface area contributed by atoms with E-state index in [1.165, 1.54) is 0 Å². The highest BCUT2D eigenvalue weighted by Gasteiger charge is 2.28. The normalized spacial score (nSPS) is 15.3. The van der Waals surface area contributed by atoms with Crippen LogP contribution >= 0.6 is 0 Å². The van der Waals surface area contributed by atoms with E-state index >= 15 is 0 Å². The Morgan fingerprint density at radius 3 is 2.34 bits per heavy atom. The first-order valence-corrected chi connectivity index (χ1v) is 9.26. The van der Waals surface area contributed by atoms with Gasteiger partial charge in [0, 0.05) is 26.1 Å². The van der Waals surface area contributed by atoms with Gasteiger partial charge in [0.05, 0.1) is 13.2 Å². The molecule has 2 rings (SSSR count). The molecular weight excluding hydrogens is 382 g/mol. The Balaban J connectivity index is 0.000000612. The van der Waals surface area contributed by atoms with Crippen LogP contribution in [0.3, 0.4) is 0 Å². The van der Waals surface area contributed by atoms with E-state index in [9.17, 15) is 4.79 Å². The minimum absolute atomic E-state index is 0.0104. The van der Waals surface area contributed by atoms with Gasteiger partial charge in [-0.1, -0.05) is 12.1 Å². The zero-order valence-electron chi connectivity index (χ0n) is 17.0. The lowest BCUT2D eigenvalue weighted by Crippen LogP contribution is -2.41. The molecule has 1 atom stereocenters. The Morgan fingerprint density at radius 2 is 1.79 bits per heavy atom. The molecule has 0 aliphatic carbocycles. The average Bonchev–Trinajstić information content (AvgIpc) is 3.12. The van der Waals surface area contributed by atoms with Gasteiger partial charge in [0.2, 0.25) is 0 Å². The van der Waals surface area contributed by atoms with Crippen LogP contribution in [0.15, 0.2) is 24.3 Å². The molecule has 1 aliphatic heterocycles. The molecule has 1 saturated heterocycles. The van der Waals surface area contributed by atoms with Gasteiger partial charge < -0.3 is 34.8 Å². The molecule has 1 fully saturated rings. The summed E-state index contributed by atoms with van der Waals surface area (Å²) < 4.78 is 11.6. The van der Waals surface area contributed by atoms with E-state index in [-0.39, 0.29) is 12.1 Å². The number of ether oxygens (including phenoxy) is 2. The summed E-state index contributed by atoms with van der Waals surface area (Å²) in [7, 11) is 3.98. The molecule has 0 aromatic heterocycles. The minimum Gasteiger partial charge on any atom is -0.490 e. The third-order valence-electron chi connectivity index (χ3n) is 3.89. The molecule has 0 saturated carbocycles. The average molecular weight is 411 g/mol. The Kier molecular flexibility index (Phi) is 10.3. The van der Waals surface area contributed by atoms with Crippen LogP contribution in [0.25, 0.3) is 0 Å². The van der Waals surface area contributed by atoms with Crippen molar-refractivity contribution in [3.63, 3.8) is 0 Å². The molecule has 1 aromatic carbocycles. The summed E-state index contributed by atoms with van der Waals surface area (Å²) >= 11 is 0. The van der Waals surface area contributed by atoms with Gasteiger partial charge in [-0.15, -0.1) is 0 Å². The molecule has 2 amide bonds. The van der Waals surface area contributed by atoms with Crippen LogP contribution < -0.4 is 14.8 Å². The number of amides is 2. The van der Waals surface area contributed by atoms with Crippen LogP contribution in [-0.4, -0.2) is 91.0 Å². The van der Waals surface area contributed by atoms with Crippen molar-refractivity contribution in [3.05, 3.63) is 24.3 Å². The molecule has 1 aliphatic rings. The maximum atomic E-state index is 12.1. The SMILES string of the molecule is CCOc1ccccc1OC1CCN(C(=O)NCCN(C)C)C1.O=C(O)C(=O)O. The number of para-hydroxylation sites is 2. The highest BCUT2D eigenvalue weighted by Crippen LogP contribution is 2.29. The smallest absolute Gasteiger partial charge is 0.414 e. The van der Waals surface area contributed by atoms with Crippen molar-refractivity contribution in [2.45, 2.75) is 19.4 Å². The zero-order valence-corrected chi connectivity index (χ0v) is 17.0. The van der Waals surface area contributed by atoms with Gasteiger partial charge in [-0.25, -0.2) is 14.4 Å². The quantitative estimate of drug-likeness (QED) is 0.566. The first kappa shape index (κ1) is 24.0. The largest absolute Gasteiger partial charge is 0.490 e. The van der Waals surface area contributed by atoms with E-state index in [1.54, 1.807) is 0 Å². The number of carboxylic acid groups (broad SMARTS) is 2. The molecule has 1 heterocycles. The lowest BCUT2D eigenvalue weighted by Gasteiger charge is -2.19. The number of carboxylic acids is 2. The number of nitrogens with zero attached hydrogens (tertiary/aromatic N) is 2. The summed E-state index contributed by atoms with van der Waals surface area (Å²) in [6.45, 7) is 5.36. The first-order valence-electron chi connectivity index (χ1n) is 9.26. The van der Waals surface area contributed by atoms with Crippen molar-refractivity contribution in [2.75, 3.05) is 46.9 Å². The number of hydrogen-bond donors (Lipinski definition) is 3. The van der Waals surface area contributed by atoms with E-state index in [0.717, 1.165) is 31.0 Å². The van der Waals surface area contributed by atoms with Gasteiger partial charge in [0.1, 0.15) is 6.10 Å². The topological polar surface area (TPSA) is 129 Å². The second-order valence-corrected chi connectivity index (χ2v) is 6.50. The molecular formula is C19H29N3O7. The lowest BCUT2D eigenvalue weighted by molar-refractivity contribution is -0.159. The second kappa shape index (κ2) is 12.4. The van der Waals surface area contributed by atoms with Crippen molar-refractivity contribution in [3.8, 4) is 11.5 Å². The number of nitrogens with one attached hydrogen (secondary N) is 1. The Bertz CT molecular complexity index is 670. The number of likely N-dealkylation sites (N-methyl/N-ethyl adjacent to an activating group) is 1. The fourth-order valence-corrected chi connectivity index (χ4v) is 2.51. The van der Waals surface area contributed by atoms with Gasteiger partial charge in [-0.05, 0) is 33.2 Å². The van der Waals surface area contributed by atoms with Crippen LogP contribution in [0, 0.1) is 0 Å². The molecule has 0 radical (unpaired) electrons. The molecule has 10 heteroatoms. The molecule has 162 valence electrons. The van der Waals surface area contributed by atoms with Gasteiger partial charge in [0.15, 0.2) is 11.5 Å². The van der Waals surface area contributed by atoms with Crippen LogP contribution in [0.5, 0.6) is 11.5 Å².